The smallest absolute Gasteiger partial charge is 0.394 e. The first-order valence-corrected chi connectivity index (χ1v) is 18.1. The van der Waals surface area contributed by atoms with Gasteiger partial charge < -0.3 is 30.3 Å². The topological polar surface area (TPSA) is 90.0 Å². The van der Waals surface area contributed by atoms with Crippen molar-refractivity contribution in [2.45, 2.75) is 52.1 Å². The number of carbonyl (C=O) groups excluding carboxylic acids is 1. The highest BCUT2D eigenvalue weighted by molar-refractivity contribution is 7.21. The van der Waals surface area contributed by atoms with Crippen LogP contribution in [0.2, 0.25) is 5.02 Å². The number of anilines is 4. The number of nitrogens with one attached hydrogen (secondary N) is 2. The lowest BCUT2D eigenvalue weighted by atomic mass is 9.72. The molecule has 1 spiro atoms. The number of para-hydroxylation sites is 2. The lowest BCUT2D eigenvalue weighted by Gasteiger charge is -2.42. The van der Waals surface area contributed by atoms with Gasteiger partial charge in [-0.1, -0.05) is 44.5 Å². The number of phenolic OH excluding ortho intramolecular Hbond substituents is 1. The highest BCUT2D eigenvalue weighted by Gasteiger charge is 2.49. The summed E-state index contributed by atoms with van der Waals surface area (Å²) in [7, 11) is 0. The summed E-state index contributed by atoms with van der Waals surface area (Å²) in [5, 5.41) is 18.9. The number of halogens is 3. The quantitative estimate of drug-likeness (QED) is 0.154. The van der Waals surface area contributed by atoms with Gasteiger partial charge in [0.05, 0.1) is 27.3 Å². The maximum absolute atomic E-state index is 13.3. The minimum atomic E-state index is -3.32. The maximum atomic E-state index is 13.3. The Hall–Kier alpha value is -4.45. The number of aromatic nitrogens is 1. The van der Waals surface area contributed by atoms with E-state index in [9.17, 15) is 18.7 Å². The van der Waals surface area contributed by atoms with Crippen molar-refractivity contribution in [2.75, 3.05) is 41.7 Å². The lowest BCUT2D eigenvalue weighted by Crippen LogP contribution is -2.47. The van der Waals surface area contributed by atoms with Crippen LogP contribution in [0.5, 0.6) is 11.5 Å². The molecule has 5 aromatic rings. The zero-order valence-electron chi connectivity index (χ0n) is 28.9. The standard InChI is InChI=1S/C39H40ClF2N5O3S/c1-37(2,3)22-46-19-17-39(18-20-46)23-47(34-31(48)16-14-27(33(34)39)35-44-29-15-9-24(40)21-32(29)51-35)30-8-6-5-7-28(30)45-36(49)43-25-10-12-26(13-11-25)50-38(4,41)42/h5-16,21,48H,17-20,22-23H2,1-4H3,(H2,43,45,49). The molecule has 2 amide bonds. The molecule has 4 aromatic carbocycles. The number of rotatable bonds is 7. The Balaban J connectivity index is 1.24. The number of alkyl halides is 2. The van der Waals surface area contributed by atoms with Gasteiger partial charge in [0, 0.05) is 41.7 Å². The summed E-state index contributed by atoms with van der Waals surface area (Å²) in [6.45, 7) is 10.9. The van der Waals surface area contributed by atoms with Gasteiger partial charge in [0.25, 0.3) is 0 Å². The third kappa shape index (κ3) is 7.47. The van der Waals surface area contributed by atoms with Crippen LogP contribution in [0.1, 0.15) is 46.1 Å². The first kappa shape index (κ1) is 35.0. The van der Waals surface area contributed by atoms with Crippen molar-refractivity contribution in [2.24, 2.45) is 5.41 Å². The third-order valence-corrected chi connectivity index (χ3v) is 10.6. The second kappa shape index (κ2) is 13.3. The molecule has 0 radical (unpaired) electrons. The molecule has 7 rings (SSSR count). The minimum Gasteiger partial charge on any atom is -0.506 e. The predicted molar refractivity (Wildman–Crippen MR) is 202 cm³/mol. The Bertz CT molecular complexity index is 2090. The number of phenols is 1. The average molecular weight is 732 g/mol. The van der Waals surface area contributed by atoms with E-state index in [2.05, 4.69) is 45.9 Å². The molecule has 1 fully saturated rings. The van der Waals surface area contributed by atoms with Crippen LogP contribution < -0.4 is 20.3 Å². The van der Waals surface area contributed by atoms with E-state index in [-0.39, 0.29) is 22.3 Å². The van der Waals surface area contributed by atoms with Crippen molar-refractivity contribution in [3.63, 3.8) is 0 Å². The van der Waals surface area contributed by atoms with Crippen molar-refractivity contribution in [3.05, 3.63) is 89.4 Å². The van der Waals surface area contributed by atoms with E-state index in [1.54, 1.807) is 17.4 Å². The number of ether oxygens (including phenoxy) is 1. The van der Waals surface area contributed by atoms with Crippen molar-refractivity contribution in [1.29, 1.82) is 0 Å². The molecular weight excluding hydrogens is 692 g/mol. The Kier molecular flexibility index (Phi) is 9.10. The largest absolute Gasteiger partial charge is 0.506 e. The zero-order valence-corrected chi connectivity index (χ0v) is 30.5. The molecule has 0 saturated carbocycles. The van der Waals surface area contributed by atoms with Gasteiger partial charge >= 0.3 is 12.1 Å². The second-order valence-corrected chi connectivity index (χ2v) is 16.2. The molecule has 3 heterocycles. The first-order chi connectivity index (χ1) is 24.2. The highest BCUT2D eigenvalue weighted by Crippen LogP contribution is 2.57. The Morgan fingerprint density at radius 2 is 1.73 bits per heavy atom. The molecule has 1 saturated heterocycles. The lowest BCUT2D eigenvalue weighted by molar-refractivity contribution is -0.158. The number of piperidine rings is 1. The molecule has 12 heteroatoms. The Morgan fingerprint density at radius 1 is 1.00 bits per heavy atom. The molecule has 3 N–H and O–H groups in total. The number of nitrogens with zero attached hydrogens (tertiary/aromatic N) is 3. The second-order valence-electron chi connectivity index (χ2n) is 14.7. The van der Waals surface area contributed by atoms with Crippen LogP contribution in [0.25, 0.3) is 20.8 Å². The number of fused-ring (bicyclic) bond motifs is 3. The molecule has 0 atom stereocenters. The zero-order chi connectivity index (χ0) is 36.1. The molecule has 2 aliphatic rings. The van der Waals surface area contributed by atoms with E-state index in [0.29, 0.717) is 35.6 Å². The summed E-state index contributed by atoms with van der Waals surface area (Å²) in [6.07, 6.45) is -1.54. The normalized spacial score (nSPS) is 16.0. The fourth-order valence-electron chi connectivity index (χ4n) is 7.38. The summed E-state index contributed by atoms with van der Waals surface area (Å²) >= 11 is 7.93. The van der Waals surface area contributed by atoms with Gasteiger partial charge in [-0.2, -0.15) is 8.78 Å². The predicted octanol–water partition coefficient (Wildman–Crippen LogP) is 10.5. The number of aromatic hydroxyl groups is 1. The Labute approximate surface area is 305 Å². The number of likely N-dealkylation sites (tertiary alicyclic amines) is 1. The van der Waals surface area contributed by atoms with E-state index in [1.807, 2.05) is 48.5 Å². The van der Waals surface area contributed by atoms with E-state index < -0.39 is 12.1 Å². The van der Waals surface area contributed by atoms with Crippen LogP contribution in [-0.2, 0) is 5.41 Å². The van der Waals surface area contributed by atoms with Gasteiger partial charge in [-0.25, -0.2) is 9.78 Å². The number of carbonyl (C=O) groups is 1. The summed E-state index contributed by atoms with van der Waals surface area (Å²) in [4.78, 5) is 23.0. The minimum absolute atomic E-state index is 0.0153. The van der Waals surface area contributed by atoms with E-state index in [1.165, 1.54) is 24.3 Å². The molecule has 0 unspecified atom stereocenters. The van der Waals surface area contributed by atoms with Crippen LogP contribution >= 0.6 is 22.9 Å². The summed E-state index contributed by atoms with van der Waals surface area (Å²) in [5.74, 6) is 0.143. The van der Waals surface area contributed by atoms with Crippen LogP contribution in [0, 0.1) is 5.41 Å². The van der Waals surface area contributed by atoms with Crippen LogP contribution in [0.3, 0.4) is 0 Å². The molecule has 1 aromatic heterocycles. The highest BCUT2D eigenvalue weighted by atomic mass is 35.5. The van der Waals surface area contributed by atoms with Crippen molar-refractivity contribution < 1.29 is 23.4 Å². The molecule has 0 bridgehead atoms. The molecule has 2 aliphatic heterocycles. The number of hydrogen-bond acceptors (Lipinski definition) is 7. The van der Waals surface area contributed by atoms with Crippen LogP contribution in [0.4, 0.5) is 36.3 Å². The summed E-state index contributed by atoms with van der Waals surface area (Å²) < 4.78 is 32.1. The molecule has 8 nitrogen and oxygen atoms in total. The van der Waals surface area contributed by atoms with Crippen molar-refractivity contribution >= 4 is 61.9 Å². The number of hydrogen-bond donors (Lipinski definition) is 3. The monoisotopic (exact) mass is 731 g/mol. The summed E-state index contributed by atoms with van der Waals surface area (Å²) in [6, 6.07) is 22.2. The number of amides is 2. The van der Waals surface area contributed by atoms with Gasteiger partial charge in [0.1, 0.15) is 16.5 Å². The maximum Gasteiger partial charge on any atom is 0.394 e. The van der Waals surface area contributed by atoms with Crippen LogP contribution in [0.15, 0.2) is 78.9 Å². The molecule has 51 heavy (non-hydrogen) atoms. The fourth-order valence-corrected chi connectivity index (χ4v) is 8.65. The Morgan fingerprint density at radius 3 is 2.43 bits per heavy atom. The van der Waals surface area contributed by atoms with Gasteiger partial charge in [-0.05, 0) is 104 Å². The molecular formula is C39H40ClF2N5O3S. The van der Waals surface area contributed by atoms with E-state index >= 15 is 0 Å². The molecule has 266 valence electrons. The fraction of sp³-hybridized carbons (Fsp3) is 0.333. The SMILES string of the molecule is CC(C)(C)CN1CCC2(CC1)CN(c1ccccc1NC(=O)Nc1ccc(OC(C)(F)F)cc1)c1c(O)ccc(-c3nc4ccc(Cl)cc4s3)c12. The number of benzene rings is 4. The molecule has 0 aliphatic carbocycles. The van der Waals surface area contributed by atoms with Crippen molar-refractivity contribution in [3.8, 4) is 22.1 Å². The average Bonchev–Trinajstić information content (AvgIpc) is 3.62. The number of thiazole rings is 1. The van der Waals surface area contributed by atoms with Gasteiger partial charge in [0.15, 0.2) is 0 Å². The van der Waals surface area contributed by atoms with Crippen molar-refractivity contribution in [1.82, 2.24) is 9.88 Å². The van der Waals surface area contributed by atoms with E-state index in [4.69, 9.17) is 16.6 Å². The van der Waals surface area contributed by atoms with Gasteiger partial charge in [-0.3, -0.25) is 0 Å². The van der Waals surface area contributed by atoms with Gasteiger partial charge in [0.2, 0.25) is 0 Å². The van der Waals surface area contributed by atoms with Crippen LogP contribution in [-0.4, -0.2) is 53.3 Å². The van der Waals surface area contributed by atoms with Gasteiger partial charge in [-0.15, -0.1) is 11.3 Å². The number of urea groups is 1. The van der Waals surface area contributed by atoms with E-state index in [0.717, 1.165) is 64.5 Å². The third-order valence-electron chi connectivity index (χ3n) is 9.36. The first-order valence-electron chi connectivity index (χ1n) is 16.9. The summed E-state index contributed by atoms with van der Waals surface area (Å²) in [5.41, 5.74) is 5.22.